The Kier molecular flexibility index (Phi) is 5.37. The molecule has 0 heteroatoms. The molecule has 15 heavy (non-hydrogen) atoms. The van der Waals surface area contributed by atoms with Gasteiger partial charge in [-0.1, -0.05) is 68.2 Å². The van der Waals surface area contributed by atoms with Gasteiger partial charge < -0.3 is 0 Å². The van der Waals surface area contributed by atoms with Crippen molar-refractivity contribution in [3.8, 4) is 0 Å². The Morgan fingerprint density at radius 2 is 1.40 bits per heavy atom. The SMILES string of the molecule is CCCC(C(C)(C)CC)C(C)(C)C(C)C. The molecule has 0 spiro atoms. The molecule has 0 aromatic rings. The van der Waals surface area contributed by atoms with Crippen molar-refractivity contribution in [3.63, 3.8) is 0 Å². The summed E-state index contributed by atoms with van der Waals surface area (Å²) in [4.78, 5) is 0. The zero-order valence-electron chi connectivity index (χ0n) is 12.3. The average Bonchev–Trinajstić information content (AvgIpc) is 2.13. The highest BCUT2D eigenvalue weighted by atomic mass is 14.4. The van der Waals surface area contributed by atoms with Crippen LogP contribution in [0, 0.1) is 22.7 Å². The Hall–Kier alpha value is 0. The van der Waals surface area contributed by atoms with Crippen LogP contribution in [0.4, 0.5) is 0 Å². The van der Waals surface area contributed by atoms with Crippen molar-refractivity contribution in [1.29, 1.82) is 0 Å². The van der Waals surface area contributed by atoms with E-state index < -0.39 is 0 Å². The minimum atomic E-state index is 0.454. The van der Waals surface area contributed by atoms with Gasteiger partial charge in [-0.2, -0.15) is 0 Å². The van der Waals surface area contributed by atoms with E-state index >= 15 is 0 Å². The van der Waals surface area contributed by atoms with Gasteiger partial charge in [0, 0.05) is 0 Å². The molecule has 0 aliphatic carbocycles. The minimum absolute atomic E-state index is 0.454. The van der Waals surface area contributed by atoms with E-state index in [1.165, 1.54) is 19.3 Å². The molecule has 1 unspecified atom stereocenters. The maximum Gasteiger partial charge on any atom is -0.0298 e. The predicted molar refractivity (Wildman–Crippen MR) is 71.1 cm³/mol. The summed E-state index contributed by atoms with van der Waals surface area (Å²) in [5.74, 6) is 1.60. The Morgan fingerprint density at radius 3 is 1.67 bits per heavy atom. The van der Waals surface area contributed by atoms with E-state index in [1.54, 1.807) is 0 Å². The monoisotopic (exact) mass is 212 g/mol. The summed E-state index contributed by atoms with van der Waals surface area (Å²) < 4.78 is 0. The van der Waals surface area contributed by atoms with E-state index in [-0.39, 0.29) is 0 Å². The zero-order chi connectivity index (χ0) is 12.3. The van der Waals surface area contributed by atoms with Crippen LogP contribution >= 0.6 is 0 Å². The first kappa shape index (κ1) is 15.0. The highest BCUT2D eigenvalue weighted by molar-refractivity contribution is 4.89. The van der Waals surface area contributed by atoms with Crippen LogP contribution in [0.15, 0.2) is 0 Å². The van der Waals surface area contributed by atoms with Crippen molar-refractivity contribution in [2.24, 2.45) is 22.7 Å². The maximum atomic E-state index is 2.45. The van der Waals surface area contributed by atoms with Crippen LogP contribution in [0.2, 0.25) is 0 Å². The summed E-state index contributed by atoms with van der Waals surface area (Å²) in [6, 6.07) is 0. The molecule has 0 nitrogen and oxygen atoms in total. The quantitative estimate of drug-likeness (QED) is 0.543. The summed E-state index contributed by atoms with van der Waals surface area (Å²) in [7, 11) is 0. The van der Waals surface area contributed by atoms with Gasteiger partial charge in [0.25, 0.3) is 0 Å². The van der Waals surface area contributed by atoms with E-state index in [4.69, 9.17) is 0 Å². The zero-order valence-corrected chi connectivity index (χ0v) is 12.3. The maximum absolute atomic E-state index is 2.45. The molecule has 0 aliphatic rings. The third kappa shape index (κ3) is 3.50. The highest BCUT2D eigenvalue weighted by Gasteiger charge is 2.40. The predicted octanol–water partition coefficient (Wildman–Crippen LogP) is 5.52. The third-order valence-electron chi connectivity index (χ3n) is 4.82. The first-order valence-corrected chi connectivity index (χ1v) is 6.70. The topological polar surface area (TPSA) is 0 Å². The van der Waals surface area contributed by atoms with E-state index in [0.29, 0.717) is 10.8 Å². The van der Waals surface area contributed by atoms with Gasteiger partial charge in [0.05, 0.1) is 0 Å². The lowest BCUT2D eigenvalue weighted by Gasteiger charge is -2.47. The Labute approximate surface area is 97.8 Å². The number of rotatable bonds is 6. The van der Waals surface area contributed by atoms with Crippen LogP contribution in [0.5, 0.6) is 0 Å². The first-order valence-electron chi connectivity index (χ1n) is 6.70. The van der Waals surface area contributed by atoms with Crippen LogP contribution in [0.1, 0.15) is 74.7 Å². The van der Waals surface area contributed by atoms with Crippen LogP contribution < -0.4 is 0 Å². The van der Waals surface area contributed by atoms with Crippen molar-refractivity contribution in [2.75, 3.05) is 0 Å². The van der Waals surface area contributed by atoms with Gasteiger partial charge in [0.2, 0.25) is 0 Å². The summed E-state index contributed by atoms with van der Waals surface area (Å²) in [6.45, 7) is 19.2. The average molecular weight is 212 g/mol. The van der Waals surface area contributed by atoms with Crippen molar-refractivity contribution in [1.82, 2.24) is 0 Å². The molecule has 0 radical (unpaired) electrons. The van der Waals surface area contributed by atoms with Gasteiger partial charge in [0.15, 0.2) is 0 Å². The van der Waals surface area contributed by atoms with Gasteiger partial charge in [-0.25, -0.2) is 0 Å². The van der Waals surface area contributed by atoms with E-state index in [9.17, 15) is 0 Å². The highest BCUT2D eigenvalue weighted by Crippen LogP contribution is 2.48. The molecular weight excluding hydrogens is 180 g/mol. The largest absolute Gasteiger partial charge is 0.0654 e. The summed E-state index contributed by atoms with van der Waals surface area (Å²) in [5, 5.41) is 0. The summed E-state index contributed by atoms with van der Waals surface area (Å²) in [5.41, 5.74) is 0.930. The lowest BCUT2D eigenvalue weighted by atomic mass is 9.58. The van der Waals surface area contributed by atoms with Crippen molar-refractivity contribution < 1.29 is 0 Å². The lowest BCUT2D eigenvalue weighted by Crippen LogP contribution is -2.39. The Morgan fingerprint density at radius 1 is 0.933 bits per heavy atom. The van der Waals surface area contributed by atoms with E-state index in [1.807, 2.05) is 0 Å². The van der Waals surface area contributed by atoms with E-state index in [2.05, 4.69) is 55.4 Å². The molecule has 0 rings (SSSR count). The van der Waals surface area contributed by atoms with Gasteiger partial charge in [0.1, 0.15) is 0 Å². The molecule has 1 atom stereocenters. The molecule has 0 fully saturated rings. The molecule has 0 aromatic heterocycles. The molecule has 0 heterocycles. The number of hydrogen-bond donors (Lipinski definition) is 0. The fraction of sp³-hybridized carbons (Fsp3) is 1.00. The van der Waals surface area contributed by atoms with Gasteiger partial charge >= 0.3 is 0 Å². The van der Waals surface area contributed by atoms with Gasteiger partial charge in [-0.05, 0) is 29.1 Å². The van der Waals surface area contributed by atoms with Crippen LogP contribution in [0.25, 0.3) is 0 Å². The fourth-order valence-corrected chi connectivity index (χ4v) is 2.71. The molecule has 0 saturated heterocycles. The Balaban J connectivity index is 4.96. The smallest absolute Gasteiger partial charge is 0.0298 e. The molecule has 0 aliphatic heterocycles. The van der Waals surface area contributed by atoms with E-state index in [0.717, 1.165) is 11.8 Å². The van der Waals surface area contributed by atoms with Crippen LogP contribution in [-0.4, -0.2) is 0 Å². The molecule has 92 valence electrons. The molecule has 0 N–H and O–H groups in total. The normalized spacial score (nSPS) is 15.8. The first-order chi connectivity index (χ1) is 6.70. The van der Waals surface area contributed by atoms with Crippen LogP contribution in [-0.2, 0) is 0 Å². The van der Waals surface area contributed by atoms with Crippen molar-refractivity contribution >= 4 is 0 Å². The standard InChI is InChI=1S/C15H32/c1-9-11-13(14(5,6)10-2)15(7,8)12(3)4/h12-13H,9-11H2,1-8H3. The van der Waals surface area contributed by atoms with Crippen LogP contribution in [0.3, 0.4) is 0 Å². The Bertz CT molecular complexity index is 174. The number of hydrogen-bond acceptors (Lipinski definition) is 0. The second-order valence-corrected chi connectivity index (χ2v) is 6.66. The van der Waals surface area contributed by atoms with Crippen molar-refractivity contribution in [2.45, 2.75) is 74.7 Å². The van der Waals surface area contributed by atoms with Crippen molar-refractivity contribution in [3.05, 3.63) is 0 Å². The second kappa shape index (κ2) is 5.37. The fourth-order valence-electron chi connectivity index (χ4n) is 2.71. The molecule has 0 saturated carbocycles. The lowest BCUT2D eigenvalue weighted by molar-refractivity contribution is 0.0241. The summed E-state index contributed by atoms with van der Waals surface area (Å²) >= 11 is 0. The van der Waals surface area contributed by atoms with Gasteiger partial charge in [-0.3, -0.25) is 0 Å². The molecule has 0 bridgehead atoms. The summed E-state index contributed by atoms with van der Waals surface area (Å²) in [6.07, 6.45) is 3.96. The third-order valence-corrected chi connectivity index (χ3v) is 4.82. The minimum Gasteiger partial charge on any atom is -0.0654 e. The van der Waals surface area contributed by atoms with Gasteiger partial charge in [-0.15, -0.1) is 0 Å². The molecule has 0 aromatic carbocycles. The second-order valence-electron chi connectivity index (χ2n) is 6.66. The molecule has 0 amide bonds. The molecular formula is C15H32.